The van der Waals surface area contributed by atoms with E-state index in [0.717, 1.165) is 36.0 Å². The van der Waals surface area contributed by atoms with Crippen molar-refractivity contribution in [3.63, 3.8) is 0 Å². The summed E-state index contributed by atoms with van der Waals surface area (Å²) < 4.78 is 0. The van der Waals surface area contributed by atoms with Gasteiger partial charge in [-0.3, -0.25) is 14.5 Å². The van der Waals surface area contributed by atoms with Gasteiger partial charge in [-0.1, -0.05) is 60.2 Å². The van der Waals surface area contributed by atoms with Gasteiger partial charge in [-0.15, -0.1) is 0 Å². The summed E-state index contributed by atoms with van der Waals surface area (Å²) in [5.41, 5.74) is 6.65. The first-order valence-electron chi connectivity index (χ1n) is 11.5. The molecule has 3 aromatic carbocycles. The van der Waals surface area contributed by atoms with Crippen molar-refractivity contribution >= 4 is 23.1 Å². The number of amides is 1. The summed E-state index contributed by atoms with van der Waals surface area (Å²) in [5.74, 6) is -1.38. The smallest absolute Gasteiger partial charge is 0.300 e. The molecule has 1 saturated heterocycles. The van der Waals surface area contributed by atoms with E-state index in [1.165, 1.54) is 22.4 Å². The van der Waals surface area contributed by atoms with Crippen molar-refractivity contribution in [2.75, 3.05) is 4.90 Å². The van der Waals surface area contributed by atoms with Crippen molar-refractivity contribution in [3.8, 4) is 0 Å². The lowest BCUT2D eigenvalue weighted by Crippen LogP contribution is -2.30. The third-order valence-corrected chi connectivity index (χ3v) is 6.80. The second-order valence-corrected chi connectivity index (χ2v) is 9.06. The molecule has 4 nitrogen and oxygen atoms in total. The molecule has 5 rings (SSSR count). The number of hydrogen-bond donors (Lipinski definition) is 1. The van der Waals surface area contributed by atoms with Crippen molar-refractivity contribution in [3.05, 3.63) is 106 Å². The molecule has 4 heteroatoms. The van der Waals surface area contributed by atoms with Gasteiger partial charge in [-0.2, -0.15) is 0 Å². The van der Waals surface area contributed by atoms with E-state index in [9.17, 15) is 14.7 Å². The number of ketones is 1. The molecular formula is C29H27NO3. The van der Waals surface area contributed by atoms with Gasteiger partial charge in [0.1, 0.15) is 5.76 Å². The summed E-state index contributed by atoms with van der Waals surface area (Å²) in [6.45, 7) is 3.90. The van der Waals surface area contributed by atoms with Crippen LogP contribution in [0.2, 0.25) is 0 Å². The van der Waals surface area contributed by atoms with Crippen molar-refractivity contribution < 1.29 is 14.7 Å². The van der Waals surface area contributed by atoms with Crippen LogP contribution in [-0.2, 0) is 22.4 Å². The Kier molecular flexibility index (Phi) is 5.37. The average molecular weight is 438 g/mol. The van der Waals surface area contributed by atoms with Crippen molar-refractivity contribution in [1.82, 2.24) is 0 Å². The Balaban J connectivity index is 1.72. The topological polar surface area (TPSA) is 57.6 Å². The van der Waals surface area contributed by atoms with Crippen molar-refractivity contribution in [2.24, 2.45) is 0 Å². The summed E-state index contributed by atoms with van der Waals surface area (Å²) in [5, 5.41) is 11.4. The molecule has 0 saturated carbocycles. The van der Waals surface area contributed by atoms with Crippen molar-refractivity contribution in [2.45, 2.75) is 45.6 Å². The number of aliphatic hydroxyl groups is 1. The molecule has 0 bridgehead atoms. The molecule has 2 aliphatic rings. The molecule has 1 aliphatic carbocycles. The van der Waals surface area contributed by atoms with Crippen LogP contribution in [0.3, 0.4) is 0 Å². The maximum absolute atomic E-state index is 13.4. The van der Waals surface area contributed by atoms with Gasteiger partial charge in [0.15, 0.2) is 0 Å². The lowest BCUT2D eigenvalue weighted by molar-refractivity contribution is -0.132. The maximum Gasteiger partial charge on any atom is 0.300 e. The molecular weight excluding hydrogens is 410 g/mol. The molecule has 0 spiro atoms. The summed E-state index contributed by atoms with van der Waals surface area (Å²) in [6, 6.07) is 20.5. The van der Waals surface area contributed by atoms with Crippen LogP contribution in [0.1, 0.15) is 52.3 Å². The lowest BCUT2D eigenvalue weighted by Gasteiger charge is -2.27. The third-order valence-electron chi connectivity index (χ3n) is 6.80. The number of anilines is 1. The minimum Gasteiger partial charge on any atom is -0.507 e. The number of fused-ring (bicyclic) bond motifs is 1. The van der Waals surface area contributed by atoms with E-state index < -0.39 is 17.7 Å². The molecule has 1 unspecified atom stereocenters. The molecule has 0 aromatic heterocycles. The molecule has 166 valence electrons. The summed E-state index contributed by atoms with van der Waals surface area (Å²) in [4.78, 5) is 28.2. The quantitative estimate of drug-likeness (QED) is 0.320. The van der Waals surface area contributed by atoms with Crippen LogP contribution >= 0.6 is 0 Å². The van der Waals surface area contributed by atoms with Gasteiger partial charge in [0.2, 0.25) is 0 Å². The van der Waals surface area contributed by atoms with E-state index >= 15 is 0 Å². The minimum atomic E-state index is -0.693. The predicted molar refractivity (Wildman–Crippen MR) is 130 cm³/mol. The largest absolute Gasteiger partial charge is 0.507 e. The predicted octanol–water partition coefficient (Wildman–Crippen LogP) is 5.81. The van der Waals surface area contributed by atoms with E-state index in [1.807, 2.05) is 80.6 Å². The van der Waals surface area contributed by atoms with Gasteiger partial charge in [-0.05, 0) is 73.9 Å². The number of aliphatic hydroxyl groups excluding tert-OH is 1. The number of Topliss-reactive ketones (excluding diaryl/α,β-unsaturated/α-hetero) is 1. The van der Waals surface area contributed by atoms with E-state index in [4.69, 9.17) is 0 Å². The number of aryl methyl sites for hydroxylation is 4. The number of hydrogen-bond acceptors (Lipinski definition) is 3. The average Bonchev–Trinajstić information content (AvgIpc) is 3.09. The highest BCUT2D eigenvalue weighted by Crippen LogP contribution is 2.43. The Labute approximate surface area is 194 Å². The summed E-state index contributed by atoms with van der Waals surface area (Å²) in [7, 11) is 0. The van der Waals surface area contributed by atoms with E-state index in [0.29, 0.717) is 11.3 Å². The first-order chi connectivity index (χ1) is 16.0. The lowest BCUT2D eigenvalue weighted by atomic mass is 9.88. The molecule has 1 N–H and O–H groups in total. The Morgan fingerprint density at radius 2 is 1.64 bits per heavy atom. The van der Waals surface area contributed by atoms with E-state index in [1.54, 1.807) is 0 Å². The highest BCUT2D eigenvalue weighted by Gasteiger charge is 2.47. The molecule has 1 aliphatic heterocycles. The first-order valence-corrected chi connectivity index (χ1v) is 11.5. The Morgan fingerprint density at radius 1 is 0.879 bits per heavy atom. The van der Waals surface area contributed by atoms with E-state index in [2.05, 4.69) is 0 Å². The minimum absolute atomic E-state index is 0.107. The highest BCUT2D eigenvalue weighted by atomic mass is 16.3. The van der Waals surface area contributed by atoms with Crippen LogP contribution in [0.15, 0.2) is 72.3 Å². The molecule has 1 atom stereocenters. The number of carbonyl (C=O) groups is 2. The van der Waals surface area contributed by atoms with Crippen LogP contribution in [0.25, 0.3) is 5.76 Å². The second kappa shape index (κ2) is 8.36. The van der Waals surface area contributed by atoms with Gasteiger partial charge >= 0.3 is 0 Å². The van der Waals surface area contributed by atoms with Crippen LogP contribution in [-0.4, -0.2) is 16.8 Å². The van der Waals surface area contributed by atoms with Crippen LogP contribution in [0.4, 0.5) is 5.69 Å². The fourth-order valence-corrected chi connectivity index (χ4v) is 5.11. The Morgan fingerprint density at radius 3 is 2.39 bits per heavy atom. The SMILES string of the molecule is Cc1cccc(C2/C(=C(/O)c3ccc4c(c3)CCCC4)C(=O)C(=O)N2c2ccccc2C)c1. The monoisotopic (exact) mass is 437 g/mol. The van der Waals surface area contributed by atoms with Gasteiger partial charge in [-0.25, -0.2) is 0 Å². The summed E-state index contributed by atoms with van der Waals surface area (Å²) >= 11 is 0. The number of carbonyl (C=O) groups excluding carboxylic acids is 2. The molecule has 0 radical (unpaired) electrons. The maximum atomic E-state index is 13.4. The third kappa shape index (κ3) is 3.66. The van der Waals surface area contributed by atoms with Crippen LogP contribution in [0, 0.1) is 13.8 Å². The van der Waals surface area contributed by atoms with Crippen LogP contribution < -0.4 is 4.90 Å². The molecule has 3 aromatic rings. The summed E-state index contributed by atoms with van der Waals surface area (Å²) in [6.07, 6.45) is 4.30. The number of para-hydroxylation sites is 1. The zero-order valence-corrected chi connectivity index (χ0v) is 19.0. The van der Waals surface area contributed by atoms with Gasteiger partial charge in [0, 0.05) is 11.3 Å². The zero-order valence-electron chi connectivity index (χ0n) is 19.0. The molecule has 1 fully saturated rings. The Hall–Kier alpha value is -3.66. The second-order valence-electron chi connectivity index (χ2n) is 9.06. The van der Waals surface area contributed by atoms with Crippen molar-refractivity contribution in [1.29, 1.82) is 0 Å². The fraction of sp³-hybridized carbons (Fsp3) is 0.241. The first kappa shape index (κ1) is 21.2. The van der Waals surface area contributed by atoms with E-state index in [-0.39, 0.29) is 11.3 Å². The van der Waals surface area contributed by atoms with Crippen LogP contribution in [0.5, 0.6) is 0 Å². The molecule has 1 heterocycles. The number of rotatable bonds is 3. The number of nitrogens with zero attached hydrogens (tertiary/aromatic N) is 1. The van der Waals surface area contributed by atoms with Gasteiger partial charge in [0.05, 0.1) is 11.6 Å². The normalized spacial score (nSPS) is 19.6. The number of benzene rings is 3. The molecule has 1 amide bonds. The van der Waals surface area contributed by atoms with Gasteiger partial charge < -0.3 is 5.11 Å². The Bertz CT molecular complexity index is 1300. The standard InChI is InChI=1S/C29H27NO3/c1-18-8-7-12-22(16-18)26-25(27(31)23-15-14-20-10-4-5-11-21(20)17-23)28(32)29(33)30(26)24-13-6-3-9-19(24)2/h3,6-9,12-17,26,31H,4-5,10-11H2,1-2H3/b27-25-. The highest BCUT2D eigenvalue weighted by molar-refractivity contribution is 6.51. The zero-order chi connectivity index (χ0) is 23.1. The molecule has 33 heavy (non-hydrogen) atoms. The fourth-order valence-electron chi connectivity index (χ4n) is 5.11. The van der Waals surface area contributed by atoms with Gasteiger partial charge in [0.25, 0.3) is 11.7 Å².